The number of unbranched alkanes of at least 4 members (excludes halogenated alkanes) is 4. The lowest BCUT2D eigenvalue weighted by Gasteiger charge is -2.05. The summed E-state index contributed by atoms with van der Waals surface area (Å²) < 4.78 is 0. The fraction of sp³-hybridized carbons (Fsp3) is 0.500. The van der Waals surface area contributed by atoms with Crippen LogP contribution in [0.1, 0.15) is 58.3 Å². The number of nitro groups is 2. The lowest BCUT2D eigenvalue weighted by molar-refractivity contribution is -0.393. The van der Waals surface area contributed by atoms with Gasteiger partial charge in [0.1, 0.15) is 5.69 Å². The number of rotatable bonds is 9. The van der Waals surface area contributed by atoms with Gasteiger partial charge in [0.2, 0.25) is 0 Å². The average Bonchev–Trinajstić information content (AvgIpc) is 3.06. The summed E-state index contributed by atoms with van der Waals surface area (Å²) in [4.78, 5) is 20.7. The maximum atomic E-state index is 11.2. The smallest absolute Gasteiger partial charge is 0.271 e. The number of nitro benzene ring substituents is 2. The van der Waals surface area contributed by atoms with E-state index in [2.05, 4.69) is 23.5 Å². The summed E-state index contributed by atoms with van der Waals surface area (Å²) >= 11 is 0. The molecule has 2 rings (SSSR count). The number of anilines is 1. The number of hydrogen-bond donors (Lipinski definition) is 1. The molecule has 1 saturated carbocycles. The third kappa shape index (κ3) is 5.37. The minimum absolute atomic E-state index is 0.155. The van der Waals surface area contributed by atoms with Crippen LogP contribution >= 0.6 is 0 Å². The zero-order chi connectivity index (χ0) is 18.9. The first-order valence-electron chi connectivity index (χ1n) is 8.97. The number of benzene rings is 1. The number of non-ortho nitro benzene ring substituents is 1. The first-order valence-corrected chi connectivity index (χ1v) is 8.97. The van der Waals surface area contributed by atoms with Crippen LogP contribution in [0.25, 0.3) is 0 Å². The van der Waals surface area contributed by atoms with Crippen molar-refractivity contribution in [1.29, 1.82) is 0 Å². The van der Waals surface area contributed by atoms with Crippen LogP contribution in [-0.2, 0) is 0 Å². The molecule has 0 unspecified atom stereocenters. The molecule has 0 aromatic heterocycles. The van der Waals surface area contributed by atoms with Crippen LogP contribution in [0.3, 0.4) is 0 Å². The van der Waals surface area contributed by atoms with Gasteiger partial charge in [-0.05, 0) is 43.7 Å². The van der Waals surface area contributed by atoms with Crippen molar-refractivity contribution in [3.8, 4) is 0 Å². The molecule has 0 spiro atoms. The van der Waals surface area contributed by atoms with Crippen LogP contribution in [-0.4, -0.2) is 15.6 Å². The Morgan fingerprint density at radius 1 is 1.15 bits per heavy atom. The Balaban J connectivity index is 2.09. The molecular formula is C18H24N4O4. The minimum atomic E-state index is -0.654. The molecule has 0 saturated heterocycles. The van der Waals surface area contributed by atoms with Crippen LogP contribution in [0.4, 0.5) is 17.1 Å². The fourth-order valence-electron chi connectivity index (χ4n) is 2.95. The molecule has 140 valence electrons. The van der Waals surface area contributed by atoms with E-state index in [1.807, 2.05) is 0 Å². The SMILES string of the molecule is CCCCCC/C=C1/CCCC1=NNc1ccc([N+](=O)[O-])cc1[N+](=O)[O-]. The predicted octanol–water partition coefficient (Wildman–Crippen LogP) is 5.35. The third-order valence-electron chi connectivity index (χ3n) is 4.38. The Morgan fingerprint density at radius 2 is 1.96 bits per heavy atom. The molecule has 1 fully saturated rings. The van der Waals surface area contributed by atoms with Crippen LogP contribution in [0.5, 0.6) is 0 Å². The monoisotopic (exact) mass is 360 g/mol. The van der Waals surface area contributed by atoms with Crippen molar-refractivity contribution in [2.75, 3.05) is 5.43 Å². The highest BCUT2D eigenvalue weighted by molar-refractivity contribution is 6.02. The summed E-state index contributed by atoms with van der Waals surface area (Å²) in [6.07, 6.45) is 10.9. The van der Waals surface area contributed by atoms with Gasteiger partial charge >= 0.3 is 5.69 Å². The summed E-state index contributed by atoms with van der Waals surface area (Å²) in [5.74, 6) is 0. The standard InChI is InChI=1S/C18H24N4O4/c1-2-3-4-5-6-8-14-9-7-10-16(14)19-20-17-12-11-15(21(23)24)13-18(17)22(25)26/h8,11-13,20H,2-7,9-10H2,1H3/b14-8-,19-16?. The van der Waals surface area contributed by atoms with E-state index >= 15 is 0 Å². The van der Waals surface area contributed by atoms with Crippen LogP contribution in [0, 0.1) is 20.2 Å². The first-order chi connectivity index (χ1) is 12.5. The Bertz CT molecular complexity index is 728. The van der Waals surface area contributed by atoms with Gasteiger partial charge in [-0.15, -0.1) is 0 Å². The molecule has 0 bridgehead atoms. The topological polar surface area (TPSA) is 111 Å². The highest BCUT2D eigenvalue weighted by Crippen LogP contribution is 2.30. The van der Waals surface area contributed by atoms with Gasteiger partial charge in [-0.2, -0.15) is 5.10 Å². The number of nitrogens with one attached hydrogen (secondary N) is 1. The van der Waals surface area contributed by atoms with Crippen molar-refractivity contribution in [1.82, 2.24) is 0 Å². The van der Waals surface area contributed by atoms with E-state index in [0.717, 1.165) is 43.9 Å². The zero-order valence-corrected chi connectivity index (χ0v) is 14.9. The molecule has 1 aromatic carbocycles. The second-order valence-electron chi connectivity index (χ2n) is 6.32. The molecule has 1 aliphatic rings. The van der Waals surface area contributed by atoms with Gasteiger partial charge < -0.3 is 0 Å². The maximum absolute atomic E-state index is 11.2. The molecule has 1 aliphatic carbocycles. The summed E-state index contributed by atoms with van der Waals surface area (Å²) in [5, 5.41) is 26.3. The van der Waals surface area contributed by atoms with Gasteiger partial charge in [-0.1, -0.05) is 32.3 Å². The lowest BCUT2D eigenvalue weighted by Crippen LogP contribution is -2.02. The molecule has 0 aliphatic heterocycles. The van der Waals surface area contributed by atoms with Crippen molar-refractivity contribution >= 4 is 22.8 Å². The van der Waals surface area contributed by atoms with E-state index in [4.69, 9.17) is 0 Å². The molecule has 8 heteroatoms. The summed E-state index contributed by atoms with van der Waals surface area (Å²) in [6.45, 7) is 2.18. The second-order valence-corrected chi connectivity index (χ2v) is 6.32. The average molecular weight is 360 g/mol. The Kier molecular flexibility index (Phi) is 7.25. The quantitative estimate of drug-likeness (QED) is 0.362. The van der Waals surface area contributed by atoms with Gasteiger partial charge in [-0.3, -0.25) is 25.7 Å². The van der Waals surface area contributed by atoms with Gasteiger partial charge in [-0.25, -0.2) is 0 Å². The molecule has 8 nitrogen and oxygen atoms in total. The van der Waals surface area contributed by atoms with E-state index in [0.29, 0.717) is 0 Å². The first kappa shape index (κ1) is 19.6. The van der Waals surface area contributed by atoms with Gasteiger partial charge in [0, 0.05) is 6.07 Å². The van der Waals surface area contributed by atoms with E-state index in [1.54, 1.807) is 0 Å². The molecule has 0 heterocycles. The molecule has 0 radical (unpaired) electrons. The fourth-order valence-corrected chi connectivity index (χ4v) is 2.95. The predicted molar refractivity (Wildman–Crippen MR) is 102 cm³/mol. The minimum Gasteiger partial charge on any atom is -0.271 e. The summed E-state index contributed by atoms with van der Waals surface area (Å²) in [7, 11) is 0. The number of allylic oxidation sites excluding steroid dienone is 2. The van der Waals surface area contributed by atoms with Gasteiger partial charge in [0.25, 0.3) is 5.69 Å². The molecule has 0 amide bonds. The molecule has 0 atom stereocenters. The van der Waals surface area contributed by atoms with E-state index in [-0.39, 0.29) is 17.1 Å². The highest BCUT2D eigenvalue weighted by Gasteiger charge is 2.20. The van der Waals surface area contributed by atoms with E-state index in [9.17, 15) is 20.2 Å². The van der Waals surface area contributed by atoms with Gasteiger partial charge in [0.15, 0.2) is 0 Å². The van der Waals surface area contributed by atoms with Crippen molar-refractivity contribution in [3.05, 3.63) is 50.1 Å². The van der Waals surface area contributed by atoms with Gasteiger partial charge in [0.05, 0.1) is 21.6 Å². The van der Waals surface area contributed by atoms with E-state index < -0.39 is 9.85 Å². The summed E-state index contributed by atoms with van der Waals surface area (Å²) in [5.41, 5.74) is 4.31. The van der Waals surface area contributed by atoms with Crippen LogP contribution in [0.15, 0.2) is 34.9 Å². The van der Waals surface area contributed by atoms with Crippen molar-refractivity contribution < 1.29 is 9.85 Å². The Labute approximate surface area is 152 Å². The highest BCUT2D eigenvalue weighted by atomic mass is 16.6. The molecule has 1 aromatic rings. The largest absolute Gasteiger partial charge is 0.301 e. The Morgan fingerprint density at radius 3 is 2.65 bits per heavy atom. The van der Waals surface area contributed by atoms with Crippen molar-refractivity contribution in [2.24, 2.45) is 5.10 Å². The Hall–Kier alpha value is -2.77. The zero-order valence-electron chi connectivity index (χ0n) is 14.9. The second kappa shape index (κ2) is 9.65. The molecule has 1 N–H and O–H groups in total. The van der Waals surface area contributed by atoms with Crippen LogP contribution in [0.2, 0.25) is 0 Å². The molecule has 26 heavy (non-hydrogen) atoms. The summed E-state index contributed by atoms with van der Waals surface area (Å²) in [6, 6.07) is 3.50. The molecular weight excluding hydrogens is 336 g/mol. The van der Waals surface area contributed by atoms with Crippen molar-refractivity contribution in [3.63, 3.8) is 0 Å². The van der Waals surface area contributed by atoms with Crippen LogP contribution < -0.4 is 5.43 Å². The lowest BCUT2D eigenvalue weighted by atomic mass is 10.1. The normalized spacial score (nSPS) is 17.0. The maximum Gasteiger partial charge on any atom is 0.301 e. The van der Waals surface area contributed by atoms with Crippen molar-refractivity contribution in [2.45, 2.75) is 58.3 Å². The number of hydrogen-bond acceptors (Lipinski definition) is 6. The third-order valence-corrected chi connectivity index (χ3v) is 4.38. The van der Waals surface area contributed by atoms with E-state index in [1.165, 1.54) is 37.0 Å². The number of hydrazone groups is 1. The number of nitrogens with zero attached hydrogens (tertiary/aromatic N) is 3.